The molecule has 6 heteroatoms. The highest BCUT2D eigenvalue weighted by atomic mass is 16.2. The van der Waals surface area contributed by atoms with Gasteiger partial charge >= 0.3 is 0 Å². The maximum Gasteiger partial charge on any atom is 0.231 e. The van der Waals surface area contributed by atoms with Crippen molar-refractivity contribution >= 4 is 23.3 Å². The maximum atomic E-state index is 12.0. The van der Waals surface area contributed by atoms with Gasteiger partial charge in [-0.2, -0.15) is 5.10 Å². The van der Waals surface area contributed by atoms with E-state index in [0.717, 1.165) is 5.69 Å². The molecule has 102 valence electrons. The van der Waals surface area contributed by atoms with Crippen molar-refractivity contribution in [2.24, 2.45) is 5.92 Å². The van der Waals surface area contributed by atoms with Gasteiger partial charge in [0.15, 0.2) is 0 Å². The molecule has 2 aromatic rings. The van der Waals surface area contributed by atoms with Crippen molar-refractivity contribution in [2.75, 3.05) is 10.6 Å². The molecular weight excluding hydrogens is 256 g/mol. The number of anilines is 2. The van der Waals surface area contributed by atoms with E-state index < -0.39 is 5.92 Å². The average molecular weight is 270 g/mol. The molecule has 0 spiro atoms. The first-order valence-electron chi connectivity index (χ1n) is 6.40. The van der Waals surface area contributed by atoms with Crippen LogP contribution in [0.4, 0.5) is 11.5 Å². The number of carbonyl (C=O) groups excluding carboxylic acids is 2. The van der Waals surface area contributed by atoms with Crippen molar-refractivity contribution in [1.29, 1.82) is 0 Å². The van der Waals surface area contributed by atoms with Crippen molar-refractivity contribution in [2.45, 2.75) is 13.0 Å². The Morgan fingerprint density at radius 3 is 2.95 bits per heavy atom. The molecule has 0 saturated heterocycles. The number of hydrogen-bond donors (Lipinski definition) is 2. The van der Waals surface area contributed by atoms with E-state index >= 15 is 0 Å². The summed E-state index contributed by atoms with van der Waals surface area (Å²) in [7, 11) is 0. The van der Waals surface area contributed by atoms with E-state index in [1.54, 1.807) is 16.9 Å². The average Bonchev–Trinajstić information content (AvgIpc) is 2.87. The second-order valence-corrected chi connectivity index (χ2v) is 4.70. The van der Waals surface area contributed by atoms with Gasteiger partial charge in [0.2, 0.25) is 11.8 Å². The largest absolute Gasteiger partial charge is 0.326 e. The molecule has 2 N–H and O–H groups in total. The SMILES string of the molecule is O=C(CC1Cn2nccc2NC1=O)Nc1ccccc1. The first-order valence-corrected chi connectivity index (χ1v) is 6.40. The van der Waals surface area contributed by atoms with Crippen LogP contribution in [0.15, 0.2) is 42.6 Å². The van der Waals surface area contributed by atoms with Crippen LogP contribution in [0, 0.1) is 5.92 Å². The Morgan fingerprint density at radius 2 is 2.15 bits per heavy atom. The number of para-hydroxylation sites is 1. The molecule has 6 nitrogen and oxygen atoms in total. The van der Waals surface area contributed by atoms with Gasteiger partial charge in [0.1, 0.15) is 5.82 Å². The highest BCUT2D eigenvalue weighted by molar-refractivity contribution is 5.98. The zero-order valence-corrected chi connectivity index (χ0v) is 10.7. The summed E-state index contributed by atoms with van der Waals surface area (Å²) in [4.78, 5) is 23.9. The van der Waals surface area contributed by atoms with Crippen molar-refractivity contribution in [3.63, 3.8) is 0 Å². The van der Waals surface area contributed by atoms with Gasteiger partial charge in [-0.25, -0.2) is 4.68 Å². The molecule has 0 aliphatic carbocycles. The summed E-state index contributed by atoms with van der Waals surface area (Å²) in [5, 5.41) is 9.62. The molecule has 3 rings (SSSR count). The lowest BCUT2D eigenvalue weighted by molar-refractivity contribution is -0.125. The van der Waals surface area contributed by atoms with Crippen molar-refractivity contribution in [3.05, 3.63) is 42.6 Å². The monoisotopic (exact) mass is 270 g/mol. The predicted molar refractivity (Wildman–Crippen MR) is 74.0 cm³/mol. The lowest BCUT2D eigenvalue weighted by Crippen LogP contribution is -2.35. The van der Waals surface area contributed by atoms with Crippen LogP contribution in [0.3, 0.4) is 0 Å². The summed E-state index contributed by atoms with van der Waals surface area (Å²) in [6, 6.07) is 10.9. The van der Waals surface area contributed by atoms with Crippen molar-refractivity contribution in [1.82, 2.24) is 9.78 Å². The van der Waals surface area contributed by atoms with Crippen LogP contribution in [0.25, 0.3) is 0 Å². The number of hydrogen-bond acceptors (Lipinski definition) is 3. The number of rotatable bonds is 3. The Morgan fingerprint density at radius 1 is 1.35 bits per heavy atom. The number of amides is 2. The quantitative estimate of drug-likeness (QED) is 0.887. The van der Waals surface area contributed by atoms with Gasteiger partial charge in [-0.05, 0) is 12.1 Å². The first-order chi connectivity index (χ1) is 9.72. The van der Waals surface area contributed by atoms with Crippen molar-refractivity contribution in [3.8, 4) is 0 Å². The van der Waals surface area contributed by atoms with Gasteiger partial charge in [0, 0.05) is 18.2 Å². The fourth-order valence-corrected chi connectivity index (χ4v) is 2.22. The van der Waals surface area contributed by atoms with Crippen LogP contribution in [0.5, 0.6) is 0 Å². The van der Waals surface area contributed by atoms with Crippen LogP contribution in [-0.4, -0.2) is 21.6 Å². The van der Waals surface area contributed by atoms with Gasteiger partial charge in [-0.1, -0.05) is 18.2 Å². The zero-order chi connectivity index (χ0) is 13.9. The van der Waals surface area contributed by atoms with E-state index in [0.29, 0.717) is 12.4 Å². The molecule has 1 unspecified atom stereocenters. The summed E-state index contributed by atoms with van der Waals surface area (Å²) in [6.07, 6.45) is 1.77. The number of carbonyl (C=O) groups is 2. The Kier molecular flexibility index (Phi) is 3.20. The molecular formula is C14H14N4O2. The van der Waals surface area contributed by atoms with Crippen LogP contribution in [0.1, 0.15) is 6.42 Å². The fourth-order valence-electron chi connectivity index (χ4n) is 2.22. The summed E-state index contributed by atoms with van der Waals surface area (Å²) >= 11 is 0. The Balaban J connectivity index is 1.63. The molecule has 1 aromatic heterocycles. The lowest BCUT2D eigenvalue weighted by Gasteiger charge is -2.22. The van der Waals surface area contributed by atoms with Gasteiger partial charge in [-0.15, -0.1) is 0 Å². The van der Waals surface area contributed by atoms with E-state index in [4.69, 9.17) is 0 Å². The molecule has 1 aliphatic heterocycles. The number of aromatic nitrogens is 2. The standard InChI is InChI=1S/C14H14N4O2/c19-13(16-11-4-2-1-3-5-11)8-10-9-18-12(6-7-15-18)17-14(10)20/h1-7,10H,8-9H2,(H,16,19)(H,17,20). The topological polar surface area (TPSA) is 76.0 Å². The Labute approximate surface area is 115 Å². The van der Waals surface area contributed by atoms with Gasteiger partial charge in [0.25, 0.3) is 0 Å². The van der Waals surface area contributed by atoms with Crippen LogP contribution in [-0.2, 0) is 16.1 Å². The highest BCUT2D eigenvalue weighted by Crippen LogP contribution is 2.20. The highest BCUT2D eigenvalue weighted by Gasteiger charge is 2.28. The molecule has 1 aliphatic rings. The van der Waals surface area contributed by atoms with Crippen molar-refractivity contribution < 1.29 is 9.59 Å². The van der Waals surface area contributed by atoms with E-state index in [1.807, 2.05) is 30.3 Å². The smallest absolute Gasteiger partial charge is 0.231 e. The number of nitrogens with zero attached hydrogens (tertiary/aromatic N) is 2. The third kappa shape index (κ3) is 2.54. The Hall–Kier alpha value is -2.63. The fraction of sp³-hybridized carbons (Fsp3) is 0.214. The second-order valence-electron chi connectivity index (χ2n) is 4.70. The molecule has 0 bridgehead atoms. The minimum Gasteiger partial charge on any atom is -0.326 e. The number of benzene rings is 1. The van der Waals surface area contributed by atoms with E-state index in [9.17, 15) is 9.59 Å². The molecule has 0 fully saturated rings. The molecule has 0 radical (unpaired) electrons. The minimum atomic E-state index is -0.397. The van der Waals surface area contributed by atoms with Crippen LogP contribution < -0.4 is 10.6 Å². The van der Waals surface area contributed by atoms with Gasteiger partial charge in [0.05, 0.1) is 18.7 Å². The van der Waals surface area contributed by atoms with Gasteiger partial charge < -0.3 is 10.6 Å². The second kappa shape index (κ2) is 5.16. The summed E-state index contributed by atoms with van der Waals surface area (Å²) in [5.74, 6) is -0.0333. The molecule has 20 heavy (non-hydrogen) atoms. The van der Waals surface area contributed by atoms with Crippen LogP contribution in [0.2, 0.25) is 0 Å². The van der Waals surface area contributed by atoms with E-state index in [1.165, 1.54) is 0 Å². The predicted octanol–water partition coefficient (Wildman–Crippen LogP) is 1.48. The zero-order valence-electron chi connectivity index (χ0n) is 10.7. The van der Waals surface area contributed by atoms with Gasteiger partial charge in [-0.3, -0.25) is 9.59 Å². The minimum absolute atomic E-state index is 0.138. The molecule has 1 aromatic carbocycles. The number of nitrogens with one attached hydrogen (secondary N) is 2. The molecule has 2 amide bonds. The normalized spacial score (nSPS) is 17.2. The van der Waals surface area contributed by atoms with E-state index in [-0.39, 0.29) is 18.2 Å². The molecule has 2 heterocycles. The molecule has 0 saturated carbocycles. The Bertz CT molecular complexity index is 636. The summed E-state index contributed by atoms with van der Waals surface area (Å²) < 4.78 is 1.70. The first kappa shape index (κ1) is 12.4. The molecule has 1 atom stereocenters. The number of fused-ring (bicyclic) bond motifs is 1. The third-order valence-corrected chi connectivity index (χ3v) is 3.22. The third-order valence-electron chi connectivity index (χ3n) is 3.22. The summed E-state index contributed by atoms with van der Waals surface area (Å²) in [5.41, 5.74) is 0.730. The van der Waals surface area contributed by atoms with E-state index in [2.05, 4.69) is 15.7 Å². The summed E-state index contributed by atoms with van der Waals surface area (Å²) in [6.45, 7) is 0.427. The van der Waals surface area contributed by atoms with Crippen LogP contribution >= 0.6 is 0 Å². The lowest BCUT2D eigenvalue weighted by atomic mass is 10.0. The maximum absolute atomic E-state index is 12.0.